The van der Waals surface area contributed by atoms with Gasteiger partial charge in [0.1, 0.15) is 5.75 Å². The number of hydrogen-bond acceptors (Lipinski definition) is 3. The summed E-state index contributed by atoms with van der Waals surface area (Å²) in [4.78, 5) is 2.58. The molecule has 1 aromatic rings. The molecule has 0 radical (unpaired) electrons. The van der Waals surface area contributed by atoms with E-state index in [1.807, 2.05) is 0 Å². The molecule has 19 heavy (non-hydrogen) atoms. The molecule has 2 saturated heterocycles. The van der Waals surface area contributed by atoms with Crippen LogP contribution in [0.5, 0.6) is 5.75 Å². The van der Waals surface area contributed by atoms with Crippen LogP contribution in [0.3, 0.4) is 0 Å². The summed E-state index contributed by atoms with van der Waals surface area (Å²) in [5, 5.41) is 3.77. The molecule has 0 amide bonds. The molecule has 3 heteroatoms. The molecule has 2 heterocycles. The lowest BCUT2D eigenvalue weighted by atomic mass is 9.88. The first kappa shape index (κ1) is 12.9. The molecule has 1 atom stereocenters. The summed E-state index contributed by atoms with van der Waals surface area (Å²) >= 11 is 0. The van der Waals surface area contributed by atoms with Gasteiger partial charge in [0.15, 0.2) is 0 Å². The van der Waals surface area contributed by atoms with E-state index in [4.69, 9.17) is 4.74 Å². The molecule has 2 fully saturated rings. The molecule has 2 aliphatic rings. The van der Waals surface area contributed by atoms with Crippen LogP contribution in [-0.2, 0) is 6.54 Å². The zero-order chi connectivity index (χ0) is 13.1. The van der Waals surface area contributed by atoms with Gasteiger partial charge in [0.25, 0.3) is 0 Å². The Morgan fingerprint density at radius 2 is 2.05 bits per heavy atom. The van der Waals surface area contributed by atoms with Crippen molar-refractivity contribution in [2.75, 3.05) is 26.7 Å². The number of likely N-dealkylation sites (tertiary alicyclic amines) is 1. The zero-order valence-corrected chi connectivity index (χ0v) is 11.8. The number of hydrogen-bond donors (Lipinski definition) is 1. The van der Waals surface area contributed by atoms with Gasteiger partial charge >= 0.3 is 0 Å². The van der Waals surface area contributed by atoms with Crippen molar-refractivity contribution in [2.45, 2.75) is 37.8 Å². The Kier molecular flexibility index (Phi) is 3.76. The summed E-state index contributed by atoms with van der Waals surface area (Å²) in [6, 6.07) is 8.47. The summed E-state index contributed by atoms with van der Waals surface area (Å²) in [7, 11) is 1.72. The van der Waals surface area contributed by atoms with Crippen LogP contribution in [0.2, 0.25) is 0 Å². The van der Waals surface area contributed by atoms with E-state index in [9.17, 15) is 0 Å². The molecule has 0 unspecified atom stereocenters. The quantitative estimate of drug-likeness (QED) is 0.903. The van der Waals surface area contributed by atoms with Gasteiger partial charge in [0.2, 0.25) is 0 Å². The lowest BCUT2D eigenvalue weighted by Gasteiger charge is -2.35. The van der Waals surface area contributed by atoms with Crippen molar-refractivity contribution in [3.05, 3.63) is 29.8 Å². The number of nitrogens with one attached hydrogen (secondary N) is 1. The predicted octanol–water partition coefficient (Wildman–Crippen LogP) is 2.41. The molecule has 1 spiro atoms. The maximum atomic E-state index is 5.21. The zero-order valence-electron chi connectivity index (χ0n) is 11.8. The molecule has 1 N–H and O–H groups in total. The van der Waals surface area contributed by atoms with E-state index < -0.39 is 0 Å². The third-order valence-electron chi connectivity index (χ3n) is 4.58. The fourth-order valence-corrected chi connectivity index (χ4v) is 3.46. The Labute approximate surface area is 115 Å². The predicted molar refractivity (Wildman–Crippen MR) is 77.5 cm³/mol. The van der Waals surface area contributed by atoms with Gasteiger partial charge in [-0.1, -0.05) is 18.6 Å². The van der Waals surface area contributed by atoms with E-state index in [1.165, 1.54) is 50.9 Å². The summed E-state index contributed by atoms with van der Waals surface area (Å²) in [6.45, 7) is 4.70. The molecule has 104 valence electrons. The summed E-state index contributed by atoms with van der Waals surface area (Å²) in [6.07, 6.45) is 5.40. The third kappa shape index (κ3) is 2.93. The first-order valence-electron chi connectivity index (χ1n) is 7.40. The molecule has 0 aliphatic carbocycles. The Hall–Kier alpha value is -1.06. The highest BCUT2D eigenvalue weighted by Gasteiger charge is 2.38. The maximum absolute atomic E-state index is 5.21. The van der Waals surface area contributed by atoms with Crippen LogP contribution in [0, 0.1) is 0 Å². The van der Waals surface area contributed by atoms with Gasteiger partial charge in [0.05, 0.1) is 7.11 Å². The average molecular weight is 260 g/mol. The Bertz CT molecular complexity index is 409. The normalized spacial score (nSPS) is 27.8. The first-order valence-corrected chi connectivity index (χ1v) is 7.40. The third-order valence-corrected chi connectivity index (χ3v) is 4.58. The van der Waals surface area contributed by atoms with Gasteiger partial charge in [-0.25, -0.2) is 0 Å². The van der Waals surface area contributed by atoms with E-state index in [2.05, 4.69) is 34.5 Å². The molecular formula is C16H24N2O. The van der Waals surface area contributed by atoms with Crippen LogP contribution in [0.15, 0.2) is 24.3 Å². The standard InChI is InChI=1S/C16H24N2O/c1-19-15-6-4-14(5-7-15)12-18-11-9-16(13-18)8-2-3-10-17-16/h4-7,17H,2-3,8-13H2,1H3/t16-/m1/s1. The van der Waals surface area contributed by atoms with Crippen molar-refractivity contribution in [1.82, 2.24) is 10.2 Å². The van der Waals surface area contributed by atoms with E-state index >= 15 is 0 Å². The Balaban J connectivity index is 1.58. The number of piperidine rings is 1. The van der Waals surface area contributed by atoms with Crippen molar-refractivity contribution >= 4 is 0 Å². The molecular weight excluding hydrogens is 236 g/mol. The highest BCUT2D eigenvalue weighted by molar-refractivity contribution is 5.27. The lowest BCUT2D eigenvalue weighted by molar-refractivity contribution is 0.234. The SMILES string of the molecule is COc1ccc(CN2CC[C@]3(CCCCN3)C2)cc1. The number of ether oxygens (including phenoxy) is 1. The van der Waals surface area contributed by atoms with Crippen molar-refractivity contribution < 1.29 is 4.74 Å². The number of nitrogens with zero attached hydrogens (tertiary/aromatic N) is 1. The molecule has 3 rings (SSSR count). The average Bonchev–Trinajstić information content (AvgIpc) is 2.83. The van der Waals surface area contributed by atoms with Crippen molar-refractivity contribution in [3.8, 4) is 5.75 Å². The molecule has 1 aromatic carbocycles. The second-order valence-corrected chi connectivity index (χ2v) is 5.97. The van der Waals surface area contributed by atoms with Crippen molar-refractivity contribution in [3.63, 3.8) is 0 Å². The monoisotopic (exact) mass is 260 g/mol. The number of rotatable bonds is 3. The minimum absolute atomic E-state index is 0.421. The van der Waals surface area contributed by atoms with Crippen molar-refractivity contribution in [2.24, 2.45) is 0 Å². The Morgan fingerprint density at radius 1 is 1.21 bits per heavy atom. The lowest BCUT2D eigenvalue weighted by Crippen LogP contribution is -2.50. The van der Waals surface area contributed by atoms with Crippen LogP contribution in [0.25, 0.3) is 0 Å². The van der Waals surface area contributed by atoms with Crippen LogP contribution in [-0.4, -0.2) is 37.2 Å². The summed E-state index contributed by atoms with van der Waals surface area (Å²) in [5.41, 5.74) is 1.80. The minimum Gasteiger partial charge on any atom is -0.497 e. The highest BCUT2D eigenvalue weighted by Crippen LogP contribution is 2.30. The molecule has 2 aliphatic heterocycles. The second kappa shape index (κ2) is 5.51. The summed E-state index contributed by atoms with van der Waals surface area (Å²) < 4.78 is 5.21. The van der Waals surface area contributed by atoms with Gasteiger partial charge in [-0.3, -0.25) is 4.90 Å². The number of methoxy groups -OCH3 is 1. The van der Waals surface area contributed by atoms with E-state index in [-0.39, 0.29) is 0 Å². The van der Waals surface area contributed by atoms with Gasteiger partial charge < -0.3 is 10.1 Å². The highest BCUT2D eigenvalue weighted by atomic mass is 16.5. The smallest absolute Gasteiger partial charge is 0.118 e. The molecule has 0 aromatic heterocycles. The second-order valence-electron chi connectivity index (χ2n) is 5.97. The molecule has 0 bridgehead atoms. The van der Waals surface area contributed by atoms with Crippen molar-refractivity contribution in [1.29, 1.82) is 0 Å². The fraction of sp³-hybridized carbons (Fsp3) is 0.625. The van der Waals surface area contributed by atoms with Crippen LogP contribution in [0.1, 0.15) is 31.2 Å². The van der Waals surface area contributed by atoms with Crippen LogP contribution < -0.4 is 10.1 Å². The topological polar surface area (TPSA) is 24.5 Å². The van der Waals surface area contributed by atoms with E-state index in [0.717, 1.165) is 12.3 Å². The minimum atomic E-state index is 0.421. The first-order chi connectivity index (χ1) is 9.30. The van der Waals surface area contributed by atoms with E-state index in [0.29, 0.717) is 5.54 Å². The molecule has 0 saturated carbocycles. The van der Waals surface area contributed by atoms with Crippen LogP contribution in [0.4, 0.5) is 0 Å². The Morgan fingerprint density at radius 3 is 2.74 bits per heavy atom. The van der Waals surface area contributed by atoms with Crippen LogP contribution >= 0.6 is 0 Å². The largest absolute Gasteiger partial charge is 0.497 e. The summed E-state index contributed by atoms with van der Waals surface area (Å²) in [5.74, 6) is 0.940. The van der Waals surface area contributed by atoms with Gasteiger partial charge in [0, 0.05) is 25.2 Å². The number of benzene rings is 1. The van der Waals surface area contributed by atoms with Gasteiger partial charge in [-0.15, -0.1) is 0 Å². The van der Waals surface area contributed by atoms with Gasteiger partial charge in [-0.2, -0.15) is 0 Å². The van der Waals surface area contributed by atoms with E-state index in [1.54, 1.807) is 7.11 Å². The maximum Gasteiger partial charge on any atom is 0.118 e. The van der Waals surface area contributed by atoms with Gasteiger partial charge in [-0.05, 0) is 43.5 Å². The molecule has 3 nitrogen and oxygen atoms in total. The fourth-order valence-electron chi connectivity index (χ4n) is 3.46.